The van der Waals surface area contributed by atoms with E-state index in [1.165, 1.54) is 31.0 Å². The van der Waals surface area contributed by atoms with Gasteiger partial charge in [-0.25, -0.2) is 13.2 Å². The van der Waals surface area contributed by atoms with Crippen molar-refractivity contribution in [1.29, 1.82) is 0 Å². The van der Waals surface area contributed by atoms with Crippen molar-refractivity contribution < 1.29 is 32.3 Å². The number of ether oxygens (including phenoxy) is 1. The van der Waals surface area contributed by atoms with Crippen LogP contribution in [0.5, 0.6) is 0 Å². The summed E-state index contributed by atoms with van der Waals surface area (Å²) in [7, 11) is -1.70. The summed E-state index contributed by atoms with van der Waals surface area (Å²) in [5.74, 6) is -2.73. The number of likely N-dealkylation sites (N-methyl/N-ethyl adjacent to an activating group) is 1. The van der Waals surface area contributed by atoms with Gasteiger partial charge in [-0.05, 0) is 25.5 Å². The van der Waals surface area contributed by atoms with E-state index in [9.17, 15) is 27.6 Å². The molecule has 1 fully saturated rings. The topological polar surface area (TPSA) is 118 Å². The van der Waals surface area contributed by atoms with Crippen molar-refractivity contribution in [2.75, 3.05) is 25.2 Å². The van der Waals surface area contributed by atoms with Crippen molar-refractivity contribution in [3.05, 3.63) is 35.4 Å². The van der Waals surface area contributed by atoms with Crippen LogP contribution in [0.25, 0.3) is 0 Å². The Kier molecular flexibility index (Phi) is 5.24. The lowest BCUT2D eigenvalue weighted by atomic mass is 10.1. The Bertz CT molecular complexity index is 921. The molecule has 0 N–H and O–H groups in total. The molecule has 2 atom stereocenters. The fourth-order valence-corrected chi connectivity index (χ4v) is 5.08. The zero-order valence-electron chi connectivity index (χ0n) is 15.5. The van der Waals surface area contributed by atoms with Gasteiger partial charge in [0, 0.05) is 13.1 Å². The number of hydrogen-bond donors (Lipinski definition) is 0. The van der Waals surface area contributed by atoms with Crippen LogP contribution in [-0.4, -0.2) is 79.2 Å². The SMILES string of the molecule is C[C@@H](C(=O)OCC(=O)N(C)[C@@H]1CCS(=O)(=O)C1)N1C(=O)c2ccccc2C1=O. The number of benzene rings is 1. The Balaban J connectivity index is 1.59. The van der Waals surface area contributed by atoms with Crippen molar-refractivity contribution in [2.45, 2.75) is 25.4 Å². The fourth-order valence-electron chi connectivity index (χ4n) is 3.30. The lowest BCUT2D eigenvalue weighted by Gasteiger charge is -2.24. The van der Waals surface area contributed by atoms with E-state index in [0.29, 0.717) is 6.42 Å². The second-order valence-electron chi connectivity index (χ2n) is 6.87. The van der Waals surface area contributed by atoms with Gasteiger partial charge in [0.2, 0.25) is 0 Å². The predicted molar refractivity (Wildman–Crippen MR) is 97.2 cm³/mol. The van der Waals surface area contributed by atoms with E-state index in [-0.39, 0.29) is 22.6 Å². The van der Waals surface area contributed by atoms with E-state index in [4.69, 9.17) is 4.74 Å². The number of rotatable bonds is 5. The van der Waals surface area contributed by atoms with E-state index in [0.717, 1.165) is 4.90 Å². The molecule has 0 bridgehead atoms. The van der Waals surface area contributed by atoms with Crippen LogP contribution in [0.15, 0.2) is 24.3 Å². The van der Waals surface area contributed by atoms with Gasteiger partial charge in [-0.3, -0.25) is 19.3 Å². The molecule has 9 nitrogen and oxygen atoms in total. The number of esters is 1. The normalized spacial score (nSPS) is 21.4. The second-order valence-corrected chi connectivity index (χ2v) is 9.10. The molecule has 0 spiro atoms. The molecule has 150 valence electrons. The number of carbonyl (C=O) groups is 4. The average Bonchev–Trinajstić information content (AvgIpc) is 3.15. The lowest BCUT2D eigenvalue weighted by Crippen LogP contribution is -2.45. The number of amides is 3. The van der Waals surface area contributed by atoms with Crippen LogP contribution in [0.1, 0.15) is 34.1 Å². The molecule has 1 aromatic carbocycles. The molecule has 0 aromatic heterocycles. The first kappa shape index (κ1) is 20.0. The molecule has 0 unspecified atom stereocenters. The molecule has 3 rings (SSSR count). The molecule has 0 saturated carbocycles. The zero-order valence-corrected chi connectivity index (χ0v) is 16.3. The monoisotopic (exact) mass is 408 g/mol. The maximum absolute atomic E-state index is 12.4. The standard InChI is InChI=1S/C18H20N2O7S/c1-11(20-16(22)13-5-3-4-6-14(13)17(20)23)18(24)27-9-15(21)19(2)12-7-8-28(25,26)10-12/h3-6,11-12H,7-10H2,1-2H3/t11-,12+/m0/s1. The first-order chi connectivity index (χ1) is 13.1. The van der Waals surface area contributed by atoms with Gasteiger partial charge >= 0.3 is 5.97 Å². The summed E-state index contributed by atoms with van der Waals surface area (Å²) in [6, 6.07) is 4.59. The Labute approximate surface area is 162 Å². The molecule has 3 amide bonds. The molecule has 2 aliphatic rings. The van der Waals surface area contributed by atoms with Gasteiger partial charge in [-0.1, -0.05) is 12.1 Å². The Morgan fingerprint density at radius 2 is 1.79 bits per heavy atom. The molecule has 1 saturated heterocycles. The maximum atomic E-state index is 12.4. The summed E-state index contributed by atoms with van der Waals surface area (Å²) >= 11 is 0. The highest BCUT2D eigenvalue weighted by atomic mass is 32.2. The Morgan fingerprint density at radius 3 is 2.29 bits per heavy atom. The first-order valence-corrected chi connectivity index (χ1v) is 10.5. The number of nitrogens with zero attached hydrogens (tertiary/aromatic N) is 2. The summed E-state index contributed by atoms with van der Waals surface area (Å²) in [6.45, 7) is 0.751. The van der Waals surface area contributed by atoms with Gasteiger partial charge in [0.15, 0.2) is 16.4 Å². The minimum absolute atomic E-state index is 0.0197. The van der Waals surface area contributed by atoms with E-state index >= 15 is 0 Å². The average molecular weight is 408 g/mol. The molecule has 10 heteroatoms. The van der Waals surface area contributed by atoms with Gasteiger partial charge in [0.25, 0.3) is 17.7 Å². The summed E-state index contributed by atoms with van der Waals surface area (Å²) in [6.07, 6.45) is 0.337. The number of hydrogen-bond acceptors (Lipinski definition) is 7. The van der Waals surface area contributed by atoms with Crippen LogP contribution >= 0.6 is 0 Å². The largest absolute Gasteiger partial charge is 0.454 e. The number of fused-ring (bicyclic) bond motifs is 1. The fraction of sp³-hybridized carbons (Fsp3) is 0.444. The Hall–Kier alpha value is -2.75. The van der Waals surface area contributed by atoms with Crippen molar-refractivity contribution in [3.8, 4) is 0 Å². The summed E-state index contributed by atoms with van der Waals surface area (Å²) < 4.78 is 28.0. The van der Waals surface area contributed by atoms with Gasteiger partial charge in [0.05, 0.1) is 22.6 Å². The summed E-state index contributed by atoms with van der Waals surface area (Å²) in [4.78, 5) is 51.4. The minimum atomic E-state index is -3.15. The molecule has 0 radical (unpaired) electrons. The highest BCUT2D eigenvalue weighted by molar-refractivity contribution is 7.91. The predicted octanol–water partition coefficient (Wildman–Crippen LogP) is -0.140. The van der Waals surface area contributed by atoms with Crippen LogP contribution in [0.4, 0.5) is 0 Å². The highest BCUT2D eigenvalue weighted by Gasteiger charge is 2.41. The quantitative estimate of drug-likeness (QED) is 0.491. The molecule has 2 heterocycles. The van der Waals surface area contributed by atoms with Gasteiger partial charge in [0.1, 0.15) is 6.04 Å². The third-order valence-electron chi connectivity index (χ3n) is 5.04. The first-order valence-electron chi connectivity index (χ1n) is 8.72. The molecule has 2 aliphatic heterocycles. The van der Waals surface area contributed by atoms with Crippen molar-refractivity contribution in [2.24, 2.45) is 0 Å². The van der Waals surface area contributed by atoms with Gasteiger partial charge in [-0.2, -0.15) is 0 Å². The lowest BCUT2D eigenvalue weighted by molar-refractivity contribution is -0.155. The zero-order chi connectivity index (χ0) is 20.6. The maximum Gasteiger partial charge on any atom is 0.329 e. The van der Waals surface area contributed by atoms with Crippen LogP contribution in [-0.2, 0) is 24.2 Å². The summed E-state index contributed by atoms with van der Waals surface area (Å²) in [5.41, 5.74) is 0.427. The summed E-state index contributed by atoms with van der Waals surface area (Å²) in [5, 5.41) is 0. The molecule has 1 aromatic rings. The molecular weight excluding hydrogens is 388 g/mol. The van der Waals surface area contributed by atoms with Crippen LogP contribution in [0.3, 0.4) is 0 Å². The van der Waals surface area contributed by atoms with Crippen LogP contribution < -0.4 is 0 Å². The van der Waals surface area contributed by atoms with Crippen molar-refractivity contribution in [1.82, 2.24) is 9.80 Å². The molecule has 0 aliphatic carbocycles. The minimum Gasteiger partial charge on any atom is -0.454 e. The van der Waals surface area contributed by atoms with E-state index in [1.807, 2.05) is 0 Å². The van der Waals surface area contributed by atoms with Crippen molar-refractivity contribution >= 4 is 33.5 Å². The van der Waals surface area contributed by atoms with E-state index < -0.39 is 52.2 Å². The third-order valence-corrected chi connectivity index (χ3v) is 6.79. The smallest absolute Gasteiger partial charge is 0.329 e. The number of imide groups is 1. The van der Waals surface area contributed by atoms with E-state index in [2.05, 4.69) is 0 Å². The second kappa shape index (κ2) is 7.34. The number of sulfone groups is 1. The Morgan fingerprint density at radius 1 is 1.21 bits per heavy atom. The molecular formula is C18H20N2O7S. The van der Waals surface area contributed by atoms with Gasteiger partial charge in [-0.15, -0.1) is 0 Å². The van der Waals surface area contributed by atoms with Crippen LogP contribution in [0.2, 0.25) is 0 Å². The molecule has 28 heavy (non-hydrogen) atoms. The number of carbonyl (C=O) groups excluding carboxylic acids is 4. The van der Waals surface area contributed by atoms with Crippen LogP contribution in [0, 0.1) is 0 Å². The third kappa shape index (κ3) is 3.64. The highest BCUT2D eigenvalue weighted by Crippen LogP contribution is 2.24. The van der Waals surface area contributed by atoms with Crippen molar-refractivity contribution in [3.63, 3.8) is 0 Å². The van der Waals surface area contributed by atoms with E-state index in [1.54, 1.807) is 12.1 Å². The van der Waals surface area contributed by atoms with Gasteiger partial charge < -0.3 is 9.64 Å².